The number of carboxylic acid groups (broad SMARTS) is 1. The van der Waals surface area contributed by atoms with Gasteiger partial charge in [0.15, 0.2) is 0 Å². The lowest BCUT2D eigenvalue weighted by Gasteiger charge is -2.27. The van der Waals surface area contributed by atoms with Crippen LogP contribution in [0.2, 0.25) is 0 Å². The van der Waals surface area contributed by atoms with Gasteiger partial charge >= 0.3 is 35.9 Å². The van der Waals surface area contributed by atoms with Crippen molar-refractivity contribution >= 4 is 24.0 Å². The van der Waals surface area contributed by atoms with Crippen molar-refractivity contribution in [3.63, 3.8) is 0 Å². The highest BCUT2D eigenvalue weighted by atomic mass is 19.4. The molecule has 0 aliphatic carbocycles. The summed E-state index contributed by atoms with van der Waals surface area (Å²) in [5, 5.41) is 8.58. The smallest absolute Gasteiger partial charge is 0.459 e. The van der Waals surface area contributed by atoms with Crippen LogP contribution < -0.4 is 9.47 Å². The van der Waals surface area contributed by atoms with E-state index in [1.54, 1.807) is 0 Å². The Morgan fingerprint density at radius 2 is 1.31 bits per heavy atom. The maximum absolute atomic E-state index is 13.3. The van der Waals surface area contributed by atoms with E-state index in [2.05, 4.69) is 4.74 Å². The Hall–Kier alpha value is -3.90. The van der Waals surface area contributed by atoms with E-state index in [4.69, 9.17) is 9.84 Å². The summed E-state index contributed by atoms with van der Waals surface area (Å²) >= 11 is 0. The van der Waals surface area contributed by atoms with Crippen molar-refractivity contribution < 1.29 is 59.7 Å². The summed E-state index contributed by atoms with van der Waals surface area (Å²) in [5.41, 5.74) is 0.495. The van der Waals surface area contributed by atoms with E-state index in [1.807, 2.05) is 0 Å². The maximum Gasteiger partial charge on any atom is 0.459 e. The molecule has 35 heavy (non-hydrogen) atoms. The van der Waals surface area contributed by atoms with Crippen molar-refractivity contribution in [3.8, 4) is 11.5 Å². The van der Waals surface area contributed by atoms with Gasteiger partial charge in [-0.15, -0.1) is 0 Å². The summed E-state index contributed by atoms with van der Waals surface area (Å²) in [6, 6.07) is 10.1. The van der Waals surface area contributed by atoms with E-state index in [1.165, 1.54) is 30.3 Å². The minimum Gasteiger partial charge on any atom is -0.478 e. The Balaban J connectivity index is 1.92. The number of carbonyl (C=O) groups excluding carboxylic acids is 2. The molecule has 13 heteroatoms. The Labute approximate surface area is 192 Å². The van der Waals surface area contributed by atoms with Crippen LogP contribution in [0.25, 0.3) is 6.08 Å². The average Bonchev–Trinajstić information content (AvgIpc) is 2.77. The number of ether oxygens (including phenoxy) is 2. The third kappa shape index (κ3) is 7.29. The highest BCUT2D eigenvalue weighted by Crippen LogP contribution is 2.48. The minimum absolute atomic E-state index is 0.0315. The van der Waals surface area contributed by atoms with E-state index in [0.29, 0.717) is 5.56 Å². The second kappa shape index (κ2) is 10.6. The predicted octanol–water partition coefficient (Wildman–Crippen LogP) is 5.52. The van der Waals surface area contributed by atoms with Gasteiger partial charge in [-0.1, -0.05) is 12.1 Å². The van der Waals surface area contributed by atoms with Crippen molar-refractivity contribution in [1.82, 2.24) is 0 Å². The van der Waals surface area contributed by atoms with Crippen LogP contribution in [-0.2, 0) is 9.59 Å². The fourth-order valence-corrected chi connectivity index (χ4v) is 2.45. The Morgan fingerprint density at radius 3 is 1.83 bits per heavy atom. The van der Waals surface area contributed by atoms with Crippen molar-refractivity contribution in [2.24, 2.45) is 0 Å². The minimum atomic E-state index is -6.50. The topological polar surface area (TPSA) is 89.9 Å². The molecule has 0 aromatic heterocycles. The molecule has 0 aliphatic rings. The lowest BCUT2D eigenvalue weighted by molar-refractivity contribution is -0.355. The molecule has 2 aromatic carbocycles. The van der Waals surface area contributed by atoms with E-state index >= 15 is 0 Å². The molecule has 0 spiro atoms. The van der Waals surface area contributed by atoms with Gasteiger partial charge in [0.25, 0.3) is 0 Å². The van der Waals surface area contributed by atoms with Gasteiger partial charge in [0.2, 0.25) is 0 Å². The largest absolute Gasteiger partial charge is 0.478 e. The number of halogens is 7. The van der Waals surface area contributed by atoms with Crippen LogP contribution in [0.5, 0.6) is 11.5 Å². The average molecular weight is 508 g/mol. The molecule has 188 valence electrons. The Bertz CT molecular complexity index is 1090. The quantitative estimate of drug-likeness (QED) is 0.208. The summed E-state index contributed by atoms with van der Waals surface area (Å²) in [4.78, 5) is 34.3. The number of benzene rings is 2. The molecule has 0 atom stereocenters. The first-order valence-electron chi connectivity index (χ1n) is 9.49. The molecule has 2 aromatic rings. The Kier molecular flexibility index (Phi) is 8.26. The number of alkyl halides is 7. The molecular formula is C22H15F7O6. The monoisotopic (exact) mass is 508 g/mol. The number of aliphatic carboxylic acids is 1. The molecule has 2 rings (SSSR count). The second-order valence-corrected chi connectivity index (χ2v) is 6.91. The number of rotatable bonds is 9. The van der Waals surface area contributed by atoms with Gasteiger partial charge < -0.3 is 14.6 Å². The maximum atomic E-state index is 13.3. The lowest BCUT2D eigenvalue weighted by Crippen LogP contribution is -2.52. The number of carbonyl (C=O) groups is 3. The van der Waals surface area contributed by atoms with Crippen molar-refractivity contribution in [1.29, 1.82) is 0 Å². The van der Waals surface area contributed by atoms with Crippen LogP contribution in [-0.4, -0.2) is 41.0 Å². The molecule has 0 aliphatic heterocycles. The number of esters is 2. The van der Waals surface area contributed by atoms with Gasteiger partial charge in [-0.25, -0.2) is 9.59 Å². The predicted molar refractivity (Wildman–Crippen MR) is 105 cm³/mol. The molecule has 0 fully saturated rings. The molecule has 1 N–H and O–H groups in total. The highest BCUT2D eigenvalue weighted by molar-refractivity contribution is 5.91. The van der Waals surface area contributed by atoms with E-state index in [-0.39, 0.29) is 17.1 Å². The molecule has 0 heterocycles. The van der Waals surface area contributed by atoms with E-state index in [0.717, 1.165) is 30.3 Å². The first-order chi connectivity index (χ1) is 16.1. The first kappa shape index (κ1) is 27.3. The highest BCUT2D eigenvalue weighted by Gasteiger charge is 2.72. The van der Waals surface area contributed by atoms with Gasteiger partial charge in [-0.2, -0.15) is 30.7 Å². The van der Waals surface area contributed by atoms with Crippen LogP contribution in [0.15, 0.2) is 54.6 Å². The SMILES string of the molecule is O=C(O)/C=C/c1ccc(OC(=O)c2ccc(OC(=O)CCC(F)(F)C(F)(F)C(F)(F)F)cc2)cc1. The molecular weight excluding hydrogens is 493 g/mol. The van der Waals surface area contributed by atoms with Crippen LogP contribution in [0.4, 0.5) is 30.7 Å². The fourth-order valence-electron chi connectivity index (χ4n) is 2.45. The van der Waals surface area contributed by atoms with E-state index in [9.17, 15) is 45.1 Å². The second-order valence-electron chi connectivity index (χ2n) is 6.91. The number of hydrogen-bond acceptors (Lipinski definition) is 5. The van der Waals surface area contributed by atoms with Gasteiger partial charge in [0.1, 0.15) is 11.5 Å². The zero-order chi connectivity index (χ0) is 26.4. The van der Waals surface area contributed by atoms with Crippen molar-refractivity contribution in [2.75, 3.05) is 0 Å². The summed E-state index contributed by atoms with van der Waals surface area (Å²) < 4.78 is 98.3. The normalized spacial score (nSPS) is 12.4. The third-order valence-corrected chi connectivity index (χ3v) is 4.29. The Morgan fingerprint density at radius 1 is 0.800 bits per heavy atom. The molecule has 0 saturated heterocycles. The molecule has 0 radical (unpaired) electrons. The van der Waals surface area contributed by atoms with Crippen molar-refractivity contribution in [2.45, 2.75) is 30.9 Å². The fraction of sp³-hybridized carbons (Fsp3) is 0.227. The van der Waals surface area contributed by atoms with Crippen LogP contribution in [0.3, 0.4) is 0 Å². The molecule has 0 bridgehead atoms. The summed E-state index contributed by atoms with van der Waals surface area (Å²) in [6.07, 6.45) is -7.80. The molecule has 0 saturated carbocycles. The lowest BCUT2D eigenvalue weighted by atomic mass is 10.1. The first-order valence-corrected chi connectivity index (χ1v) is 9.49. The van der Waals surface area contributed by atoms with Gasteiger partial charge in [0.05, 0.1) is 12.0 Å². The van der Waals surface area contributed by atoms with E-state index < -0.39 is 48.8 Å². The van der Waals surface area contributed by atoms with Crippen molar-refractivity contribution in [3.05, 3.63) is 65.7 Å². The molecule has 0 amide bonds. The molecule has 0 unspecified atom stereocenters. The van der Waals surface area contributed by atoms with Crippen LogP contribution in [0.1, 0.15) is 28.8 Å². The zero-order valence-corrected chi connectivity index (χ0v) is 17.3. The van der Waals surface area contributed by atoms with Gasteiger partial charge in [-0.3, -0.25) is 4.79 Å². The number of hydrogen-bond donors (Lipinski definition) is 1. The summed E-state index contributed by atoms with van der Waals surface area (Å²) in [5.74, 6) is -15.5. The standard InChI is InChI=1S/C22H15F7O6/c23-20(24,21(25,26)22(27,28)29)12-11-18(32)34-15-8-4-14(5-9-15)19(33)35-16-6-1-13(2-7-16)3-10-17(30)31/h1-10H,11-12H2,(H,30,31)/b10-3+. The van der Waals surface area contributed by atoms with Crippen LogP contribution in [0, 0.1) is 0 Å². The van der Waals surface area contributed by atoms with Gasteiger partial charge in [0, 0.05) is 12.5 Å². The van der Waals surface area contributed by atoms with Gasteiger partial charge in [-0.05, 0) is 48.0 Å². The summed E-state index contributed by atoms with van der Waals surface area (Å²) in [7, 11) is 0. The third-order valence-electron chi connectivity index (χ3n) is 4.29. The number of carboxylic acids is 1. The molecule has 6 nitrogen and oxygen atoms in total. The zero-order valence-electron chi connectivity index (χ0n) is 17.3. The van der Waals surface area contributed by atoms with Crippen LogP contribution >= 0.6 is 0 Å². The summed E-state index contributed by atoms with van der Waals surface area (Å²) in [6.45, 7) is 0.